The molecule has 1 saturated heterocycles. The molecule has 1 saturated carbocycles. The Morgan fingerprint density at radius 3 is 2.33 bits per heavy atom. The molecule has 212 valence electrons. The van der Waals surface area contributed by atoms with Gasteiger partial charge in [-0.25, -0.2) is 9.59 Å². The lowest BCUT2D eigenvalue weighted by molar-refractivity contribution is -0.124. The molecule has 2 heterocycles. The summed E-state index contributed by atoms with van der Waals surface area (Å²) in [6, 6.07) is 11.7. The van der Waals surface area contributed by atoms with E-state index in [-0.39, 0.29) is 23.9 Å². The maximum absolute atomic E-state index is 14.2. The zero-order chi connectivity index (χ0) is 27.9. The summed E-state index contributed by atoms with van der Waals surface area (Å²) in [5.74, 6) is 0.0935. The molecule has 39 heavy (non-hydrogen) atoms. The molecule has 1 aromatic heterocycles. The SMILES string of the molecule is CC1CCC(C(=O)N(c2cc(-c3ccccc3)sc2C(=O)OCOC(=O)NC(C)C)C2CCN(C)CC2)CC1. The first-order chi connectivity index (χ1) is 18.7. The number of anilines is 1. The lowest BCUT2D eigenvalue weighted by Gasteiger charge is -2.40. The van der Waals surface area contributed by atoms with E-state index in [1.54, 1.807) is 0 Å². The Morgan fingerprint density at radius 1 is 1.03 bits per heavy atom. The van der Waals surface area contributed by atoms with Gasteiger partial charge < -0.3 is 24.6 Å². The molecule has 1 aliphatic carbocycles. The van der Waals surface area contributed by atoms with E-state index in [0.29, 0.717) is 16.5 Å². The number of rotatable bonds is 8. The molecule has 2 fully saturated rings. The molecule has 0 unspecified atom stereocenters. The number of nitrogens with zero attached hydrogens (tertiary/aromatic N) is 2. The van der Waals surface area contributed by atoms with Gasteiger partial charge >= 0.3 is 12.1 Å². The third-order valence-corrected chi connectivity index (χ3v) is 8.81. The van der Waals surface area contributed by atoms with Crippen LogP contribution in [-0.4, -0.2) is 61.9 Å². The Kier molecular flexibility index (Phi) is 10.0. The quantitative estimate of drug-likeness (QED) is 0.322. The van der Waals surface area contributed by atoms with Crippen molar-refractivity contribution in [3.63, 3.8) is 0 Å². The van der Waals surface area contributed by atoms with E-state index in [4.69, 9.17) is 9.47 Å². The van der Waals surface area contributed by atoms with Crippen LogP contribution in [0.2, 0.25) is 0 Å². The molecule has 1 N–H and O–H groups in total. The minimum Gasteiger partial charge on any atom is -0.424 e. The standard InChI is InChI=1S/C30H41N3O5S/c1-20(2)31-30(36)38-19-37-29(35)27-25(18-26(39-27)22-8-6-5-7-9-22)33(24-14-16-32(4)17-15-24)28(34)23-12-10-21(3)11-13-23/h5-9,18,20-21,23-24H,10-17,19H2,1-4H3,(H,31,36). The minimum absolute atomic E-state index is 0.00546. The maximum Gasteiger partial charge on any atom is 0.410 e. The van der Waals surface area contributed by atoms with Crippen LogP contribution < -0.4 is 10.2 Å². The molecule has 0 spiro atoms. The first-order valence-electron chi connectivity index (χ1n) is 14.0. The number of nitrogens with one attached hydrogen (secondary N) is 1. The zero-order valence-corrected chi connectivity index (χ0v) is 24.3. The number of likely N-dealkylation sites (tertiary alicyclic amines) is 1. The third kappa shape index (κ3) is 7.60. The molecule has 2 aromatic rings. The van der Waals surface area contributed by atoms with Crippen molar-refractivity contribution in [1.29, 1.82) is 0 Å². The van der Waals surface area contributed by atoms with Crippen LogP contribution in [0.15, 0.2) is 36.4 Å². The van der Waals surface area contributed by atoms with E-state index in [1.165, 1.54) is 11.3 Å². The number of alkyl carbamates (subject to hydrolysis) is 1. The van der Waals surface area contributed by atoms with Crippen molar-refractivity contribution >= 4 is 35.0 Å². The second-order valence-corrected chi connectivity index (χ2v) is 12.2. The van der Waals surface area contributed by atoms with Crippen LogP contribution in [0.4, 0.5) is 10.5 Å². The average Bonchev–Trinajstić information content (AvgIpc) is 3.35. The summed E-state index contributed by atoms with van der Waals surface area (Å²) in [6.45, 7) is 7.17. The average molecular weight is 556 g/mol. The Bertz CT molecular complexity index is 1120. The fraction of sp³-hybridized carbons (Fsp3) is 0.567. The minimum atomic E-state index is -0.649. The Hall–Kier alpha value is -2.91. The van der Waals surface area contributed by atoms with Crippen molar-refractivity contribution in [2.45, 2.75) is 71.4 Å². The van der Waals surface area contributed by atoms with Crippen LogP contribution in [0.25, 0.3) is 10.4 Å². The van der Waals surface area contributed by atoms with Crippen LogP contribution in [0.1, 0.15) is 69.0 Å². The number of hydrogen-bond donors (Lipinski definition) is 1. The first-order valence-corrected chi connectivity index (χ1v) is 14.9. The van der Waals surface area contributed by atoms with Crippen LogP contribution >= 0.6 is 11.3 Å². The van der Waals surface area contributed by atoms with Gasteiger partial charge in [-0.3, -0.25) is 4.79 Å². The number of amides is 2. The highest BCUT2D eigenvalue weighted by molar-refractivity contribution is 7.18. The summed E-state index contributed by atoms with van der Waals surface area (Å²) in [5, 5.41) is 2.61. The normalized spacial score (nSPS) is 20.4. The molecule has 0 atom stereocenters. The number of carbonyl (C=O) groups is 3. The van der Waals surface area contributed by atoms with E-state index in [1.807, 2.05) is 55.1 Å². The Balaban J connectivity index is 1.66. The second-order valence-electron chi connectivity index (χ2n) is 11.2. The van der Waals surface area contributed by atoms with Gasteiger partial charge in [0.25, 0.3) is 0 Å². The van der Waals surface area contributed by atoms with E-state index in [2.05, 4.69) is 24.2 Å². The lowest BCUT2D eigenvalue weighted by atomic mass is 9.82. The van der Waals surface area contributed by atoms with Gasteiger partial charge in [-0.1, -0.05) is 37.3 Å². The molecule has 9 heteroatoms. The van der Waals surface area contributed by atoms with Crippen molar-refractivity contribution in [1.82, 2.24) is 10.2 Å². The van der Waals surface area contributed by atoms with Gasteiger partial charge in [0.2, 0.25) is 12.7 Å². The monoisotopic (exact) mass is 555 g/mol. The van der Waals surface area contributed by atoms with Gasteiger partial charge in [-0.05, 0) is 90.1 Å². The highest BCUT2D eigenvalue weighted by Crippen LogP contribution is 2.41. The predicted molar refractivity (Wildman–Crippen MR) is 154 cm³/mol. The first kappa shape index (κ1) is 29.1. The number of benzene rings is 1. The Labute approximate surface area is 235 Å². The van der Waals surface area contributed by atoms with E-state index in [9.17, 15) is 14.4 Å². The van der Waals surface area contributed by atoms with E-state index in [0.717, 1.165) is 62.1 Å². The van der Waals surface area contributed by atoms with Crippen LogP contribution in [0.3, 0.4) is 0 Å². The highest BCUT2D eigenvalue weighted by atomic mass is 32.1. The molecule has 4 rings (SSSR count). The second kappa shape index (κ2) is 13.4. The molecule has 1 aromatic carbocycles. The van der Waals surface area contributed by atoms with Gasteiger partial charge in [-0.2, -0.15) is 0 Å². The van der Waals surface area contributed by atoms with Crippen LogP contribution in [-0.2, 0) is 14.3 Å². The highest BCUT2D eigenvalue weighted by Gasteiger charge is 2.37. The van der Waals surface area contributed by atoms with Gasteiger partial charge in [0, 0.05) is 22.9 Å². The number of hydrogen-bond acceptors (Lipinski definition) is 7. The fourth-order valence-electron chi connectivity index (χ4n) is 5.38. The fourth-order valence-corrected chi connectivity index (χ4v) is 6.43. The summed E-state index contributed by atoms with van der Waals surface area (Å²) in [6.07, 6.45) is 4.87. The van der Waals surface area contributed by atoms with Crippen molar-refractivity contribution < 1.29 is 23.9 Å². The summed E-state index contributed by atoms with van der Waals surface area (Å²) in [4.78, 5) is 44.9. The van der Waals surface area contributed by atoms with Crippen molar-refractivity contribution in [2.75, 3.05) is 31.8 Å². The summed E-state index contributed by atoms with van der Waals surface area (Å²) in [5.41, 5.74) is 1.58. The maximum atomic E-state index is 14.2. The van der Waals surface area contributed by atoms with Gasteiger partial charge in [-0.15, -0.1) is 11.3 Å². The zero-order valence-electron chi connectivity index (χ0n) is 23.5. The smallest absolute Gasteiger partial charge is 0.410 e. The summed E-state index contributed by atoms with van der Waals surface area (Å²) in [7, 11) is 2.10. The number of esters is 1. The van der Waals surface area contributed by atoms with Crippen molar-refractivity contribution in [3.05, 3.63) is 41.3 Å². The lowest BCUT2D eigenvalue weighted by Crippen LogP contribution is -2.49. The van der Waals surface area contributed by atoms with Gasteiger partial charge in [0.1, 0.15) is 4.88 Å². The molecular weight excluding hydrogens is 514 g/mol. The topological polar surface area (TPSA) is 88.2 Å². The number of thiophene rings is 1. The van der Waals surface area contributed by atoms with Crippen molar-refractivity contribution in [2.24, 2.45) is 11.8 Å². The van der Waals surface area contributed by atoms with Crippen LogP contribution in [0, 0.1) is 11.8 Å². The molecule has 8 nitrogen and oxygen atoms in total. The third-order valence-electron chi connectivity index (χ3n) is 7.66. The largest absolute Gasteiger partial charge is 0.424 e. The van der Waals surface area contributed by atoms with Gasteiger partial charge in [0.05, 0.1) is 5.69 Å². The molecular formula is C30H41N3O5S. The van der Waals surface area contributed by atoms with E-state index >= 15 is 0 Å². The van der Waals surface area contributed by atoms with Crippen molar-refractivity contribution in [3.8, 4) is 10.4 Å². The number of piperidine rings is 1. The summed E-state index contributed by atoms with van der Waals surface area (Å²) < 4.78 is 10.4. The number of carbonyl (C=O) groups excluding carboxylic acids is 3. The van der Waals surface area contributed by atoms with Gasteiger partial charge in [0.15, 0.2) is 0 Å². The Morgan fingerprint density at radius 2 is 1.69 bits per heavy atom. The predicted octanol–water partition coefficient (Wildman–Crippen LogP) is 5.92. The van der Waals surface area contributed by atoms with Crippen LogP contribution in [0.5, 0.6) is 0 Å². The molecule has 2 aliphatic rings. The van der Waals surface area contributed by atoms with E-state index < -0.39 is 18.9 Å². The molecule has 1 aliphatic heterocycles. The molecule has 2 amide bonds. The molecule has 0 radical (unpaired) electrons. The molecule has 0 bridgehead atoms. The number of ether oxygens (including phenoxy) is 2. The summed E-state index contributed by atoms with van der Waals surface area (Å²) >= 11 is 1.31.